The standard InChI is InChI=1S/C21H23ClN4O3/c1-15(2)11-24(21(29)16-5-4-8-23-10-16)12-19(27)25-13-20(28)26(14-25)18-7-3-6-17(22)9-18/h3-10,15H,11-14H2,1-2H3. The Morgan fingerprint density at radius 3 is 2.69 bits per heavy atom. The molecule has 0 aliphatic carbocycles. The second kappa shape index (κ2) is 9.05. The van der Waals surface area contributed by atoms with E-state index in [1.165, 1.54) is 20.9 Å². The number of aromatic nitrogens is 1. The third-order valence-electron chi connectivity index (χ3n) is 4.52. The second-order valence-electron chi connectivity index (χ2n) is 7.36. The van der Waals surface area contributed by atoms with E-state index in [4.69, 9.17) is 11.6 Å². The molecule has 8 heteroatoms. The predicted octanol–water partition coefficient (Wildman–Crippen LogP) is 2.67. The van der Waals surface area contributed by atoms with Crippen LogP contribution in [0.4, 0.5) is 5.69 Å². The molecule has 1 aromatic carbocycles. The van der Waals surface area contributed by atoms with Gasteiger partial charge >= 0.3 is 0 Å². The zero-order valence-corrected chi connectivity index (χ0v) is 17.2. The number of nitrogens with zero attached hydrogens (tertiary/aromatic N) is 4. The lowest BCUT2D eigenvalue weighted by atomic mass is 10.1. The van der Waals surface area contributed by atoms with Crippen molar-refractivity contribution in [3.05, 3.63) is 59.4 Å². The van der Waals surface area contributed by atoms with Gasteiger partial charge < -0.3 is 9.80 Å². The average Bonchev–Trinajstić information content (AvgIpc) is 3.09. The Morgan fingerprint density at radius 2 is 2.03 bits per heavy atom. The predicted molar refractivity (Wildman–Crippen MR) is 110 cm³/mol. The molecule has 0 unspecified atom stereocenters. The van der Waals surface area contributed by atoms with Gasteiger partial charge in [-0.05, 0) is 36.2 Å². The van der Waals surface area contributed by atoms with E-state index in [1.54, 1.807) is 42.6 Å². The Kier molecular flexibility index (Phi) is 6.49. The van der Waals surface area contributed by atoms with Gasteiger partial charge in [-0.3, -0.25) is 24.3 Å². The van der Waals surface area contributed by atoms with Gasteiger partial charge in [0.05, 0.1) is 5.56 Å². The van der Waals surface area contributed by atoms with Crippen LogP contribution in [0.1, 0.15) is 24.2 Å². The molecule has 0 radical (unpaired) electrons. The minimum Gasteiger partial charge on any atom is -0.329 e. The molecule has 0 N–H and O–H groups in total. The number of anilines is 1. The first-order valence-corrected chi connectivity index (χ1v) is 9.76. The maximum atomic E-state index is 12.9. The van der Waals surface area contributed by atoms with Crippen LogP contribution < -0.4 is 4.90 Å². The van der Waals surface area contributed by atoms with Crippen molar-refractivity contribution in [1.82, 2.24) is 14.8 Å². The van der Waals surface area contributed by atoms with E-state index < -0.39 is 0 Å². The molecular weight excluding hydrogens is 392 g/mol. The van der Waals surface area contributed by atoms with E-state index >= 15 is 0 Å². The van der Waals surface area contributed by atoms with Crippen LogP contribution in [0.5, 0.6) is 0 Å². The Morgan fingerprint density at radius 1 is 1.24 bits per heavy atom. The van der Waals surface area contributed by atoms with Crippen molar-refractivity contribution in [3.63, 3.8) is 0 Å². The third-order valence-corrected chi connectivity index (χ3v) is 4.75. The molecule has 0 bridgehead atoms. The summed E-state index contributed by atoms with van der Waals surface area (Å²) in [6.07, 6.45) is 3.08. The van der Waals surface area contributed by atoms with Crippen LogP contribution in [0, 0.1) is 5.92 Å². The Balaban J connectivity index is 1.71. The number of rotatable bonds is 6. The lowest BCUT2D eigenvalue weighted by molar-refractivity contribution is -0.132. The van der Waals surface area contributed by atoms with Crippen molar-refractivity contribution in [2.45, 2.75) is 13.8 Å². The number of pyridine rings is 1. The molecule has 1 aliphatic rings. The molecule has 0 spiro atoms. The number of carbonyl (C=O) groups is 3. The molecule has 1 fully saturated rings. The van der Waals surface area contributed by atoms with E-state index in [1.807, 2.05) is 13.8 Å². The van der Waals surface area contributed by atoms with Gasteiger partial charge in [-0.15, -0.1) is 0 Å². The summed E-state index contributed by atoms with van der Waals surface area (Å²) in [5.74, 6) is -0.528. The van der Waals surface area contributed by atoms with Gasteiger partial charge in [0.15, 0.2) is 0 Å². The van der Waals surface area contributed by atoms with E-state index in [0.29, 0.717) is 22.8 Å². The summed E-state index contributed by atoms with van der Waals surface area (Å²) in [4.78, 5) is 46.6. The number of hydrogen-bond acceptors (Lipinski definition) is 4. The van der Waals surface area contributed by atoms with Crippen molar-refractivity contribution in [3.8, 4) is 0 Å². The van der Waals surface area contributed by atoms with Crippen molar-refractivity contribution >= 4 is 35.0 Å². The zero-order valence-electron chi connectivity index (χ0n) is 16.4. The summed E-state index contributed by atoms with van der Waals surface area (Å²) in [6, 6.07) is 10.3. The van der Waals surface area contributed by atoms with Gasteiger partial charge in [0.2, 0.25) is 11.8 Å². The Bertz CT molecular complexity index is 904. The lowest BCUT2D eigenvalue weighted by Gasteiger charge is -2.26. The topological polar surface area (TPSA) is 73.8 Å². The SMILES string of the molecule is CC(C)CN(CC(=O)N1CC(=O)N(c2cccc(Cl)c2)C1)C(=O)c1cccnc1. The van der Waals surface area contributed by atoms with Crippen LogP contribution in [-0.4, -0.2) is 58.8 Å². The largest absolute Gasteiger partial charge is 0.329 e. The summed E-state index contributed by atoms with van der Waals surface area (Å²) in [5.41, 5.74) is 1.07. The maximum absolute atomic E-state index is 12.9. The van der Waals surface area contributed by atoms with Gasteiger partial charge in [0.25, 0.3) is 5.91 Å². The van der Waals surface area contributed by atoms with Crippen LogP contribution in [-0.2, 0) is 9.59 Å². The van der Waals surface area contributed by atoms with Gasteiger partial charge in [-0.25, -0.2) is 0 Å². The van der Waals surface area contributed by atoms with Crippen LogP contribution >= 0.6 is 11.6 Å². The summed E-state index contributed by atoms with van der Waals surface area (Å²) >= 11 is 6.01. The summed E-state index contributed by atoms with van der Waals surface area (Å²) in [5, 5.41) is 0.519. The highest BCUT2D eigenvalue weighted by molar-refractivity contribution is 6.31. The summed E-state index contributed by atoms with van der Waals surface area (Å²) in [6.45, 7) is 4.40. The monoisotopic (exact) mass is 414 g/mol. The summed E-state index contributed by atoms with van der Waals surface area (Å²) in [7, 11) is 0. The number of amides is 3. The van der Waals surface area contributed by atoms with Crippen molar-refractivity contribution < 1.29 is 14.4 Å². The van der Waals surface area contributed by atoms with Crippen LogP contribution in [0.2, 0.25) is 5.02 Å². The van der Waals surface area contributed by atoms with E-state index in [2.05, 4.69) is 4.98 Å². The van der Waals surface area contributed by atoms with Gasteiger partial charge in [-0.1, -0.05) is 31.5 Å². The first kappa shape index (κ1) is 20.8. The first-order valence-electron chi connectivity index (χ1n) is 9.38. The molecule has 3 amide bonds. The van der Waals surface area contributed by atoms with Gasteiger partial charge in [-0.2, -0.15) is 0 Å². The van der Waals surface area contributed by atoms with Gasteiger partial charge in [0.1, 0.15) is 19.8 Å². The fraction of sp³-hybridized carbons (Fsp3) is 0.333. The van der Waals surface area contributed by atoms with Crippen molar-refractivity contribution in [2.24, 2.45) is 5.92 Å². The molecule has 0 saturated carbocycles. The lowest BCUT2D eigenvalue weighted by Crippen LogP contribution is -2.44. The fourth-order valence-corrected chi connectivity index (χ4v) is 3.36. The van der Waals surface area contributed by atoms with Gasteiger partial charge in [0, 0.05) is 29.6 Å². The Hall–Kier alpha value is -2.93. The second-order valence-corrected chi connectivity index (χ2v) is 7.79. The zero-order chi connectivity index (χ0) is 21.0. The van der Waals surface area contributed by atoms with Crippen molar-refractivity contribution in [1.29, 1.82) is 0 Å². The number of halogens is 1. The fourth-order valence-electron chi connectivity index (χ4n) is 3.18. The molecule has 1 aliphatic heterocycles. The minimum absolute atomic E-state index is 0.0258. The minimum atomic E-state index is -0.277. The molecule has 3 rings (SSSR count). The average molecular weight is 415 g/mol. The molecule has 1 aromatic heterocycles. The maximum Gasteiger partial charge on any atom is 0.255 e. The number of carbonyl (C=O) groups excluding carboxylic acids is 3. The van der Waals surface area contributed by atoms with E-state index in [-0.39, 0.29) is 43.4 Å². The molecule has 7 nitrogen and oxygen atoms in total. The quantitative estimate of drug-likeness (QED) is 0.728. The number of hydrogen-bond donors (Lipinski definition) is 0. The Labute approximate surface area is 174 Å². The van der Waals surface area contributed by atoms with Crippen molar-refractivity contribution in [2.75, 3.05) is 31.2 Å². The molecule has 0 atom stereocenters. The smallest absolute Gasteiger partial charge is 0.255 e. The highest BCUT2D eigenvalue weighted by Gasteiger charge is 2.33. The molecular formula is C21H23ClN4O3. The van der Waals surface area contributed by atoms with Crippen LogP contribution in [0.25, 0.3) is 0 Å². The van der Waals surface area contributed by atoms with E-state index in [0.717, 1.165) is 0 Å². The highest BCUT2D eigenvalue weighted by atomic mass is 35.5. The summed E-state index contributed by atoms with van der Waals surface area (Å²) < 4.78 is 0. The molecule has 1 saturated heterocycles. The molecule has 2 aromatic rings. The van der Waals surface area contributed by atoms with Crippen LogP contribution in [0.15, 0.2) is 48.8 Å². The van der Waals surface area contributed by atoms with Crippen LogP contribution in [0.3, 0.4) is 0 Å². The number of benzene rings is 1. The first-order chi connectivity index (χ1) is 13.8. The normalized spacial score (nSPS) is 13.9. The molecule has 29 heavy (non-hydrogen) atoms. The molecule has 152 valence electrons. The molecule has 2 heterocycles. The third kappa shape index (κ3) is 5.12. The van der Waals surface area contributed by atoms with E-state index in [9.17, 15) is 14.4 Å². The highest BCUT2D eigenvalue weighted by Crippen LogP contribution is 2.23.